The quantitative estimate of drug-likeness (QED) is 0.827. The lowest BCUT2D eigenvalue weighted by molar-refractivity contribution is 0.668. The minimum atomic E-state index is 0.263. The van der Waals surface area contributed by atoms with Gasteiger partial charge in [0.1, 0.15) is 12.2 Å². The molecular weight excluding hydrogens is 224 g/mol. The number of rotatable bonds is 4. The fraction of sp³-hybridized carbons (Fsp3) is 0.429. The van der Waals surface area contributed by atoms with Crippen molar-refractivity contribution in [3.63, 3.8) is 0 Å². The topological polar surface area (TPSA) is 51.6 Å². The molecule has 0 bridgehead atoms. The molecule has 0 fully saturated rings. The molecule has 0 spiro atoms. The Bertz CT molecular complexity index is 496. The SMILES string of the molecule is CC(C)c1cncnc1CC(C)c1ncccn1. The summed E-state index contributed by atoms with van der Waals surface area (Å²) in [5, 5.41) is 0. The normalized spacial score (nSPS) is 12.7. The van der Waals surface area contributed by atoms with Crippen molar-refractivity contribution in [2.75, 3.05) is 0 Å². The van der Waals surface area contributed by atoms with Crippen LogP contribution < -0.4 is 0 Å². The fourth-order valence-electron chi connectivity index (χ4n) is 1.96. The number of nitrogens with zero attached hydrogens (tertiary/aromatic N) is 4. The Morgan fingerprint density at radius 2 is 1.78 bits per heavy atom. The van der Waals surface area contributed by atoms with Gasteiger partial charge in [0.2, 0.25) is 0 Å². The highest BCUT2D eigenvalue weighted by Gasteiger charge is 2.14. The molecule has 18 heavy (non-hydrogen) atoms. The lowest BCUT2D eigenvalue weighted by Gasteiger charge is -2.14. The van der Waals surface area contributed by atoms with E-state index >= 15 is 0 Å². The highest BCUT2D eigenvalue weighted by atomic mass is 14.9. The molecule has 4 nitrogen and oxygen atoms in total. The third kappa shape index (κ3) is 2.88. The molecule has 0 N–H and O–H groups in total. The first-order valence-electron chi connectivity index (χ1n) is 6.24. The molecule has 0 aliphatic carbocycles. The van der Waals surface area contributed by atoms with Crippen LogP contribution in [0.3, 0.4) is 0 Å². The summed E-state index contributed by atoms with van der Waals surface area (Å²) >= 11 is 0. The van der Waals surface area contributed by atoms with E-state index in [0.717, 1.165) is 17.9 Å². The number of aromatic nitrogens is 4. The predicted molar refractivity (Wildman–Crippen MR) is 70.3 cm³/mol. The van der Waals surface area contributed by atoms with Crippen LogP contribution in [0.25, 0.3) is 0 Å². The highest BCUT2D eigenvalue weighted by molar-refractivity contribution is 5.21. The largest absolute Gasteiger partial charge is 0.245 e. The van der Waals surface area contributed by atoms with Crippen LogP contribution in [0, 0.1) is 0 Å². The first-order valence-corrected chi connectivity index (χ1v) is 6.24. The zero-order valence-electron chi connectivity index (χ0n) is 11.0. The first kappa shape index (κ1) is 12.6. The first-order chi connectivity index (χ1) is 8.68. The molecule has 2 heterocycles. The van der Waals surface area contributed by atoms with Crippen LogP contribution >= 0.6 is 0 Å². The van der Waals surface area contributed by atoms with Gasteiger partial charge in [-0.15, -0.1) is 0 Å². The van der Waals surface area contributed by atoms with E-state index in [2.05, 4.69) is 40.7 Å². The number of hydrogen-bond donors (Lipinski definition) is 0. The van der Waals surface area contributed by atoms with Gasteiger partial charge in [-0.05, 0) is 24.0 Å². The molecule has 0 aromatic carbocycles. The molecule has 1 unspecified atom stereocenters. The zero-order chi connectivity index (χ0) is 13.0. The minimum absolute atomic E-state index is 0.263. The molecule has 0 saturated carbocycles. The molecule has 2 aromatic heterocycles. The predicted octanol–water partition coefficient (Wildman–Crippen LogP) is 2.74. The van der Waals surface area contributed by atoms with Gasteiger partial charge in [-0.2, -0.15) is 0 Å². The van der Waals surface area contributed by atoms with Crippen LogP contribution in [0.4, 0.5) is 0 Å². The zero-order valence-corrected chi connectivity index (χ0v) is 11.0. The summed E-state index contributed by atoms with van der Waals surface area (Å²) in [6.07, 6.45) is 7.93. The van der Waals surface area contributed by atoms with E-state index in [1.165, 1.54) is 5.56 Å². The summed E-state index contributed by atoms with van der Waals surface area (Å²) < 4.78 is 0. The second-order valence-corrected chi connectivity index (χ2v) is 4.79. The maximum absolute atomic E-state index is 4.40. The van der Waals surface area contributed by atoms with Crippen molar-refractivity contribution >= 4 is 0 Å². The molecule has 1 atom stereocenters. The van der Waals surface area contributed by atoms with Gasteiger partial charge < -0.3 is 0 Å². The van der Waals surface area contributed by atoms with Gasteiger partial charge >= 0.3 is 0 Å². The summed E-state index contributed by atoms with van der Waals surface area (Å²) in [5.41, 5.74) is 2.31. The van der Waals surface area contributed by atoms with Gasteiger partial charge in [0, 0.05) is 30.2 Å². The van der Waals surface area contributed by atoms with Gasteiger partial charge in [-0.1, -0.05) is 20.8 Å². The Kier molecular flexibility index (Phi) is 3.97. The summed E-state index contributed by atoms with van der Waals surface area (Å²) in [5.74, 6) is 1.56. The molecule has 0 aliphatic rings. The molecule has 2 aromatic rings. The molecule has 0 saturated heterocycles. The van der Waals surface area contributed by atoms with Crippen molar-refractivity contribution in [2.24, 2.45) is 0 Å². The minimum Gasteiger partial charge on any atom is -0.245 e. The lowest BCUT2D eigenvalue weighted by atomic mass is 9.96. The molecule has 94 valence electrons. The Labute approximate surface area is 108 Å². The highest BCUT2D eigenvalue weighted by Crippen LogP contribution is 2.22. The van der Waals surface area contributed by atoms with Crippen LogP contribution in [0.5, 0.6) is 0 Å². The van der Waals surface area contributed by atoms with Crippen molar-refractivity contribution in [3.05, 3.63) is 48.1 Å². The summed E-state index contributed by atoms with van der Waals surface area (Å²) in [4.78, 5) is 17.1. The van der Waals surface area contributed by atoms with Crippen LogP contribution in [0.1, 0.15) is 49.7 Å². The van der Waals surface area contributed by atoms with E-state index in [1.54, 1.807) is 18.7 Å². The molecule has 0 amide bonds. The molecule has 0 aliphatic heterocycles. The molecule has 0 radical (unpaired) electrons. The van der Waals surface area contributed by atoms with Crippen LogP contribution in [0.2, 0.25) is 0 Å². The molecule has 2 rings (SSSR count). The third-order valence-electron chi connectivity index (χ3n) is 2.98. The van der Waals surface area contributed by atoms with Gasteiger partial charge in [-0.25, -0.2) is 19.9 Å². The Balaban J connectivity index is 2.19. The smallest absolute Gasteiger partial charge is 0.131 e. The molecule has 4 heteroatoms. The van der Waals surface area contributed by atoms with Crippen molar-refractivity contribution in [1.82, 2.24) is 19.9 Å². The Morgan fingerprint density at radius 3 is 2.44 bits per heavy atom. The lowest BCUT2D eigenvalue weighted by Crippen LogP contribution is -2.08. The number of hydrogen-bond acceptors (Lipinski definition) is 4. The summed E-state index contributed by atoms with van der Waals surface area (Å²) in [6.45, 7) is 6.44. The summed E-state index contributed by atoms with van der Waals surface area (Å²) in [7, 11) is 0. The average Bonchev–Trinajstić information content (AvgIpc) is 2.40. The van der Waals surface area contributed by atoms with E-state index in [9.17, 15) is 0 Å². The van der Waals surface area contributed by atoms with Gasteiger partial charge in [-0.3, -0.25) is 0 Å². The van der Waals surface area contributed by atoms with Crippen LogP contribution in [0.15, 0.2) is 31.0 Å². The van der Waals surface area contributed by atoms with E-state index in [4.69, 9.17) is 0 Å². The van der Waals surface area contributed by atoms with E-state index in [1.807, 2.05) is 12.3 Å². The van der Waals surface area contributed by atoms with E-state index < -0.39 is 0 Å². The fourth-order valence-corrected chi connectivity index (χ4v) is 1.96. The summed E-state index contributed by atoms with van der Waals surface area (Å²) in [6, 6.07) is 1.83. The van der Waals surface area contributed by atoms with E-state index in [0.29, 0.717) is 5.92 Å². The maximum atomic E-state index is 4.40. The second-order valence-electron chi connectivity index (χ2n) is 4.79. The van der Waals surface area contributed by atoms with E-state index in [-0.39, 0.29) is 5.92 Å². The second kappa shape index (κ2) is 5.67. The monoisotopic (exact) mass is 242 g/mol. The van der Waals surface area contributed by atoms with Gasteiger partial charge in [0.25, 0.3) is 0 Å². The third-order valence-corrected chi connectivity index (χ3v) is 2.98. The van der Waals surface area contributed by atoms with Gasteiger partial charge in [0.15, 0.2) is 0 Å². The standard InChI is InChI=1S/C14H18N4/c1-10(2)12-8-15-9-18-13(12)7-11(3)14-16-5-4-6-17-14/h4-6,8-11H,7H2,1-3H3. The maximum Gasteiger partial charge on any atom is 0.131 e. The Hall–Kier alpha value is -1.84. The van der Waals surface area contributed by atoms with Crippen LogP contribution in [-0.2, 0) is 6.42 Å². The van der Waals surface area contributed by atoms with Crippen molar-refractivity contribution in [2.45, 2.75) is 39.0 Å². The Morgan fingerprint density at radius 1 is 1.06 bits per heavy atom. The average molecular weight is 242 g/mol. The van der Waals surface area contributed by atoms with Crippen molar-refractivity contribution in [1.29, 1.82) is 0 Å². The molecular formula is C14H18N4. The van der Waals surface area contributed by atoms with Crippen molar-refractivity contribution < 1.29 is 0 Å². The van der Waals surface area contributed by atoms with Crippen LogP contribution in [-0.4, -0.2) is 19.9 Å². The van der Waals surface area contributed by atoms with Gasteiger partial charge in [0.05, 0.1) is 0 Å². The van der Waals surface area contributed by atoms with Crippen molar-refractivity contribution in [3.8, 4) is 0 Å².